The topological polar surface area (TPSA) is 88.6 Å². The van der Waals surface area contributed by atoms with Gasteiger partial charge in [-0.05, 0) is 24.3 Å². The normalized spacial score (nSPS) is 19.2. The van der Waals surface area contributed by atoms with Crippen LogP contribution in [0.15, 0.2) is 10.5 Å². The monoisotopic (exact) mass is 293 g/mol. The van der Waals surface area contributed by atoms with Crippen LogP contribution in [0.4, 0.5) is 0 Å². The second-order valence-electron chi connectivity index (χ2n) is 6.74. The van der Waals surface area contributed by atoms with Gasteiger partial charge in [0.05, 0.1) is 6.54 Å². The van der Waals surface area contributed by atoms with Crippen molar-refractivity contribution in [1.29, 1.82) is 0 Å². The number of hydrogen-bond acceptors (Lipinski definition) is 4. The third-order valence-electron chi connectivity index (χ3n) is 4.09. The van der Waals surface area contributed by atoms with Gasteiger partial charge in [0.15, 0.2) is 5.76 Å². The van der Waals surface area contributed by atoms with Gasteiger partial charge in [-0.15, -0.1) is 0 Å². The van der Waals surface area contributed by atoms with Crippen molar-refractivity contribution in [3.05, 3.63) is 23.2 Å². The van der Waals surface area contributed by atoms with E-state index in [0.717, 1.165) is 6.54 Å². The number of likely N-dealkylation sites (tertiary alicyclic amines) is 1. The standard InChI is InChI=1S/C15H23N3O3/c1-9-5-11(21-13(9)14(20)17-16)8-18-7-10(6-12(18)19)15(2,3)4/h5,10H,6-8,16H2,1-4H3,(H,17,20). The van der Waals surface area contributed by atoms with Gasteiger partial charge in [0.2, 0.25) is 5.91 Å². The highest BCUT2D eigenvalue weighted by Crippen LogP contribution is 2.35. The summed E-state index contributed by atoms with van der Waals surface area (Å²) >= 11 is 0. The molecule has 1 unspecified atom stereocenters. The second kappa shape index (κ2) is 5.52. The lowest BCUT2D eigenvalue weighted by molar-refractivity contribution is -0.128. The van der Waals surface area contributed by atoms with Gasteiger partial charge in [-0.3, -0.25) is 15.0 Å². The van der Waals surface area contributed by atoms with Crippen molar-refractivity contribution in [2.24, 2.45) is 17.2 Å². The van der Waals surface area contributed by atoms with Crippen LogP contribution < -0.4 is 11.3 Å². The van der Waals surface area contributed by atoms with E-state index >= 15 is 0 Å². The maximum Gasteiger partial charge on any atom is 0.301 e. The maximum absolute atomic E-state index is 12.1. The summed E-state index contributed by atoms with van der Waals surface area (Å²) < 4.78 is 5.51. The largest absolute Gasteiger partial charge is 0.454 e. The molecule has 0 radical (unpaired) electrons. The highest BCUT2D eigenvalue weighted by molar-refractivity contribution is 5.92. The van der Waals surface area contributed by atoms with Crippen LogP contribution in [-0.2, 0) is 11.3 Å². The lowest BCUT2D eigenvalue weighted by Crippen LogP contribution is -2.30. The van der Waals surface area contributed by atoms with E-state index in [9.17, 15) is 9.59 Å². The van der Waals surface area contributed by atoms with E-state index in [4.69, 9.17) is 10.3 Å². The van der Waals surface area contributed by atoms with Gasteiger partial charge < -0.3 is 9.32 Å². The smallest absolute Gasteiger partial charge is 0.301 e. The van der Waals surface area contributed by atoms with Crippen molar-refractivity contribution in [2.75, 3.05) is 6.54 Å². The molecule has 1 saturated heterocycles. The van der Waals surface area contributed by atoms with Crippen LogP contribution in [0.3, 0.4) is 0 Å². The molecule has 6 nitrogen and oxygen atoms in total. The summed E-state index contributed by atoms with van der Waals surface area (Å²) in [5.41, 5.74) is 2.87. The lowest BCUT2D eigenvalue weighted by atomic mass is 9.80. The van der Waals surface area contributed by atoms with Crippen LogP contribution in [0, 0.1) is 18.3 Å². The third-order valence-corrected chi connectivity index (χ3v) is 4.09. The molecule has 1 fully saturated rings. The number of amides is 2. The van der Waals surface area contributed by atoms with Gasteiger partial charge in [-0.25, -0.2) is 5.84 Å². The van der Waals surface area contributed by atoms with Gasteiger partial charge in [-0.1, -0.05) is 20.8 Å². The molecule has 6 heteroatoms. The van der Waals surface area contributed by atoms with Crippen LogP contribution in [0.5, 0.6) is 0 Å². The molecular weight excluding hydrogens is 270 g/mol. The van der Waals surface area contributed by atoms with Crippen molar-refractivity contribution in [2.45, 2.75) is 40.7 Å². The molecule has 1 aromatic heterocycles. The van der Waals surface area contributed by atoms with E-state index in [0.29, 0.717) is 30.2 Å². The molecule has 21 heavy (non-hydrogen) atoms. The number of hydrazine groups is 1. The van der Waals surface area contributed by atoms with Gasteiger partial charge in [0.25, 0.3) is 0 Å². The van der Waals surface area contributed by atoms with Crippen molar-refractivity contribution in [3.8, 4) is 0 Å². The lowest BCUT2D eigenvalue weighted by Gasteiger charge is -2.26. The van der Waals surface area contributed by atoms with Crippen molar-refractivity contribution in [3.63, 3.8) is 0 Å². The van der Waals surface area contributed by atoms with Crippen molar-refractivity contribution in [1.82, 2.24) is 10.3 Å². The molecule has 0 saturated carbocycles. The fourth-order valence-electron chi connectivity index (χ4n) is 2.61. The van der Waals surface area contributed by atoms with E-state index in [1.54, 1.807) is 17.9 Å². The minimum absolute atomic E-state index is 0.105. The first-order valence-corrected chi connectivity index (χ1v) is 7.10. The van der Waals surface area contributed by atoms with E-state index in [1.807, 2.05) is 0 Å². The number of nitrogens with zero attached hydrogens (tertiary/aromatic N) is 1. The Bertz CT molecular complexity index is 557. The summed E-state index contributed by atoms with van der Waals surface area (Å²) in [5.74, 6) is 5.93. The predicted octanol–water partition coefficient (Wildman–Crippen LogP) is 1.59. The van der Waals surface area contributed by atoms with Crippen LogP contribution in [-0.4, -0.2) is 23.3 Å². The summed E-state index contributed by atoms with van der Waals surface area (Å²) in [7, 11) is 0. The molecule has 2 amide bonds. The van der Waals surface area contributed by atoms with E-state index in [2.05, 4.69) is 26.2 Å². The number of nitrogens with one attached hydrogen (secondary N) is 1. The molecule has 0 spiro atoms. The summed E-state index contributed by atoms with van der Waals surface area (Å²) in [6, 6.07) is 1.78. The first-order valence-electron chi connectivity index (χ1n) is 7.10. The van der Waals surface area contributed by atoms with Gasteiger partial charge in [0, 0.05) is 18.5 Å². The van der Waals surface area contributed by atoms with Crippen LogP contribution in [0.2, 0.25) is 0 Å². The SMILES string of the molecule is Cc1cc(CN2CC(C(C)(C)C)CC2=O)oc1C(=O)NN. The number of nitrogens with two attached hydrogens (primary N) is 1. The Kier molecular flexibility index (Phi) is 4.09. The Morgan fingerprint density at radius 2 is 2.19 bits per heavy atom. The Morgan fingerprint density at radius 1 is 1.52 bits per heavy atom. The molecule has 1 atom stereocenters. The zero-order valence-electron chi connectivity index (χ0n) is 13.0. The number of carbonyl (C=O) groups is 2. The Labute approximate surface area is 124 Å². The van der Waals surface area contributed by atoms with Crippen LogP contribution >= 0.6 is 0 Å². The van der Waals surface area contributed by atoms with Crippen molar-refractivity contribution < 1.29 is 14.0 Å². The molecule has 1 aliphatic heterocycles. The first kappa shape index (κ1) is 15.6. The molecule has 0 aliphatic carbocycles. The Morgan fingerprint density at radius 3 is 2.71 bits per heavy atom. The Balaban J connectivity index is 2.09. The van der Waals surface area contributed by atoms with Crippen LogP contribution in [0.1, 0.15) is 49.1 Å². The summed E-state index contributed by atoms with van der Waals surface area (Å²) in [6.45, 7) is 9.34. The highest BCUT2D eigenvalue weighted by Gasteiger charge is 2.37. The van der Waals surface area contributed by atoms with E-state index < -0.39 is 5.91 Å². The molecule has 3 N–H and O–H groups in total. The van der Waals surface area contributed by atoms with Crippen molar-refractivity contribution >= 4 is 11.8 Å². The summed E-state index contributed by atoms with van der Waals surface area (Å²) in [6.07, 6.45) is 0.569. The summed E-state index contributed by atoms with van der Waals surface area (Å²) in [5, 5.41) is 0. The average Bonchev–Trinajstić information content (AvgIpc) is 2.93. The van der Waals surface area contributed by atoms with Gasteiger partial charge in [0.1, 0.15) is 5.76 Å². The first-order chi connectivity index (χ1) is 9.72. The van der Waals surface area contributed by atoms with Gasteiger partial charge >= 0.3 is 5.91 Å². The molecule has 1 aliphatic rings. The number of hydrogen-bond donors (Lipinski definition) is 2. The average molecular weight is 293 g/mol. The van der Waals surface area contributed by atoms with Gasteiger partial charge in [-0.2, -0.15) is 0 Å². The highest BCUT2D eigenvalue weighted by atomic mass is 16.4. The number of rotatable bonds is 3. The molecule has 116 valence electrons. The molecule has 1 aromatic rings. The molecule has 0 aromatic carbocycles. The summed E-state index contributed by atoms with van der Waals surface area (Å²) in [4.78, 5) is 25.4. The number of aryl methyl sites for hydroxylation is 1. The number of furan rings is 1. The fourth-order valence-corrected chi connectivity index (χ4v) is 2.61. The van der Waals surface area contributed by atoms with Crippen LogP contribution in [0.25, 0.3) is 0 Å². The minimum atomic E-state index is -0.459. The fraction of sp³-hybridized carbons (Fsp3) is 0.600. The second-order valence-corrected chi connectivity index (χ2v) is 6.74. The maximum atomic E-state index is 12.1. The minimum Gasteiger partial charge on any atom is -0.454 e. The number of carbonyl (C=O) groups excluding carboxylic acids is 2. The number of nitrogen functional groups attached to an aromatic ring is 1. The predicted molar refractivity (Wildman–Crippen MR) is 78.1 cm³/mol. The molecular formula is C15H23N3O3. The zero-order valence-corrected chi connectivity index (χ0v) is 13.0. The third kappa shape index (κ3) is 3.26. The molecule has 2 rings (SSSR count). The molecule has 2 heterocycles. The van der Waals surface area contributed by atoms with E-state index in [1.165, 1.54) is 0 Å². The van der Waals surface area contributed by atoms with E-state index in [-0.39, 0.29) is 17.1 Å². The quantitative estimate of drug-likeness (QED) is 0.503. The molecule has 0 bridgehead atoms. The zero-order chi connectivity index (χ0) is 15.8. The Hall–Kier alpha value is -1.82.